The predicted molar refractivity (Wildman–Crippen MR) is 141 cm³/mol. The zero-order chi connectivity index (χ0) is 23.1. The third-order valence-corrected chi connectivity index (χ3v) is 6.65. The number of ether oxygens (including phenoxy) is 2. The van der Waals surface area contributed by atoms with Crippen molar-refractivity contribution in [1.82, 2.24) is 0 Å². The molecule has 2 nitrogen and oxygen atoms in total. The van der Waals surface area contributed by atoms with Crippen molar-refractivity contribution in [2.75, 3.05) is 13.7 Å². The molecule has 0 fully saturated rings. The Labute approximate surface area is 200 Å². The van der Waals surface area contributed by atoms with Gasteiger partial charge < -0.3 is 9.47 Å². The maximum atomic E-state index is 5.94. The smallest absolute Gasteiger partial charge is 0.125 e. The molecule has 0 N–H and O–H groups in total. The van der Waals surface area contributed by atoms with Gasteiger partial charge in [-0.1, -0.05) is 135 Å². The second-order valence-corrected chi connectivity index (χ2v) is 9.70. The zero-order valence-electron chi connectivity index (χ0n) is 21.9. The van der Waals surface area contributed by atoms with Crippen molar-refractivity contribution in [2.45, 2.75) is 142 Å². The monoisotopic (exact) mass is 446 g/mol. The molecular weight excluding hydrogens is 392 g/mol. The molecule has 0 saturated carbocycles. The minimum atomic E-state index is 0.812. The van der Waals surface area contributed by atoms with E-state index in [1.165, 1.54) is 128 Å². The predicted octanol–water partition coefficient (Wildman–Crippen LogP) is 10.2. The Morgan fingerprint density at radius 2 is 0.969 bits per heavy atom. The van der Waals surface area contributed by atoms with E-state index < -0.39 is 0 Å². The summed E-state index contributed by atoms with van der Waals surface area (Å²) in [5.41, 5.74) is 1.18. The van der Waals surface area contributed by atoms with Gasteiger partial charge in [0.15, 0.2) is 0 Å². The van der Waals surface area contributed by atoms with Gasteiger partial charge in [0, 0.05) is 6.07 Å². The topological polar surface area (TPSA) is 18.5 Å². The van der Waals surface area contributed by atoms with E-state index in [-0.39, 0.29) is 0 Å². The number of unbranched alkanes of at least 4 members (excludes halogenated alkanes) is 19. The second kappa shape index (κ2) is 21.7. The van der Waals surface area contributed by atoms with Crippen molar-refractivity contribution in [3.8, 4) is 11.5 Å². The fourth-order valence-corrected chi connectivity index (χ4v) is 4.40. The van der Waals surface area contributed by atoms with Crippen LogP contribution >= 0.6 is 0 Å². The fraction of sp³-hybridized carbons (Fsp3) is 0.800. The Hall–Kier alpha value is -1.18. The third-order valence-electron chi connectivity index (χ3n) is 6.65. The largest absolute Gasteiger partial charge is 0.497 e. The highest BCUT2D eigenvalue weighted by Crippen LogP contribution is 2.24. The van der Waals surface area contributed by atoms with E-state index >= 15 is 0 Å². The first-order valence-electron chi connectivity index (χ1n) is 14.1. The SMILES string of the molecule is CCCCCCCCCCCCCCCCCCCCCCOc1cc(OC)ccc1C. The van der Waals surface area contributed by atoms with Gasteiger partial charge in [-0.2, -0.15) is 0 Å². The maximum absolute atomic E-state index is 5.94. The number of rotatable bonds is 23. The average Bonchev–Trinajstić information content (AvgIpc) is 2.81. The molecule has 0 aliphatic heterocycles. The molecule has 0 amide bonds. The van der Waals surface area contributed by atoms with Gasteiger partial charge in [0.2, 0.25) is 0 Å². The minimum absolute atomic E-state index is 0.812. The Bertz CT molecular complexity index is 526. The number of hydrogen-bond acceptors (Lipinski definition) is 2. The molecule has 1 aromatic carbocycles. The summed E-state index contributed by atoms with van der Waals surface area (Å²) in [6, 6.07) is 6.04. The van der Waals surface area contributed by atoms with Gasteiger partial charge in [0.1, 0.15) is 11.5 Å². The van der Waals surface area contributed by atoms with Gasteiger partial charge in [0.25, 0.3) is 0 Å². The first-order valence-corrected chi connectivity index (χ1v) is 14.1. The number of methoxy groups -OCH3 is 1. The van der Waals surface area contributed by atoms with Crippen LogP contribution in [0.25, 0.3) is 0 Å². The lowest BCUT2D eigenvalue weighted by molar-refractivity contribution is 0.300. The molecule has 186 valence electrons. The van der Waals surface area contributed by atoms with Crippen molar-refractivity contribution in [3.63, 3.8) is 0 Å². The average molecular weight is 447 g/mol. The van der Waals surface area contributed by atoms with Crippen LogP contribution in [0.2, 0.25) is 0 Å². The van der Waals surface area contributed by atoms with Crippen LogP contribution < -0.4 is 9.47 Å². The highest BCUT2D eigenvalue weighted by molar-refractivity contribution is 5.39. The number of benzene rings is 1. The Morgan fingerprint density at radius 1 is 0.562 bits per heavy atom. The summed E-state index contributed by atoms with van der Waals surface area (Å²) in [4.78, 5) is 0. The zero-order valence-corrected chi connectivity index (χ0v) is 21.9. The third kappa shape index (κ3) is 16.5. The van der Waals surface area contributed by atoms with Gasteiger partial charge in [-0.15, -0.1) is 0 Å². The molecule has 1 aromatic rings. The summed E-state index contributed by atoms with van der Waals surface area (Å²) < 4.78 is 11.2. The van der Waals surface area contributed by atoms with Gasteiger partial charge >= 0.3 is 0 Å². The molecule has 0 atom stereocenters. The van der Waals surface area contributed by atoms with Crippen molar-refractivity contribution < 1.29 is 9.47 Å². The summed E-state index contributed by atoms with van der Waals surface area (Å²) in [6.45, 7) is 5.20. The highest BCUT2D eigenvalue weighted by atomic mass is 16.5. The van der Waals surface area contributed by atoms with Gasteiger partial charge in [-0.3, -0.25) is 0 Å². The first kappa shape index (κ1) is 28.9. The molecule has 0 aliphatic carbocycles. The van der Waals surface area contributed by atoms with Crippen LogP contribution in [0.3, 0.4) is 0 Å². The highest BCUT2D eigenvalue weighted by Gasteiger charge is 2.02. The lowest BCUT2D eigenvalue weighted by Gasteiger charge is -2.10. The first-order chi connectivity index (χ1) is 15.8. The van der Waals surface area contributed by atoms with Crippen LogP contribution in [0.1, 0.15) is 141 Å². The molecule has 0 spiro atoms. The Kier molecular flexibility index (Phi) is 19.5. The van der Waals surface area contributed by atoms with Crippen LogP contribution in [0.4, 0.5) is 0 Å². The van der Waals surface area contributed by atoms with Gasteiger partial charge in [-0.25, -0.2) is 0 Å². The van der Waals surface area contributed by atoms with Crippen molar-refractivity contribution in [2.24, 2.45) is 0 Å². The second-order valence-electron chi connectivity index (χ2n) is 9.70. The van der Waals surface area contributed by atoms with Gasteiger partial charge in [-0.05, 0) is 25.0 Å². The molecule has 0 saturated heterocycles. The normalized spacial score (nSPS) is 11.1. The quantitative estimate of drug-likeness (QED) is 0.156. The molecule has 0 heterocycles. The van der Waals surface area contributed by atoms with E-state index in [0.29, 0.717) is 0 Å². The van der Waals surface area contributed by atoms with Crippen LogP contribution in [-0.2, 0) is 0 Å². The Balaban J connectivity index is 1.76. The molecule has 0 aliphatic rings. The van der Waals surface area contributed by atoms with E-state index in [2.05, 4.69) is 19.9 Å². The van der Waals surface area contributed by atoms with Gasteiger partial charge in [0.05, 0.1) is 13.7 Å². The van der Waals surface area contributed by atoms with Crippen LogP contribution in [0.5, 0.6) is 11.5 Å². The summed E-state index contributed by atoms with van der Waals surface area (Å²) >= 11 is 0. The molecule has 0 aromatic heterocycles. The summed E-state index contributed by atoms with van der Waals surface area (Å²) in [5.74, 6) is 1.83. The van der Waals surface area contributed by atoms with E-state index in [0.717, 1.165) is 24.5 Å². The lowest BCUT2D eigenvalue weighted by Crippen LogP contribution is -1.99. The van der Waals surface area contributed by atoms with Crippen LogP contribution in [0, 0.1) is 6.92 Å². The van der Waals surface area contributed by atoms with Crippen molar-refractivity contribution in [1.29, 1.82) is 0 Å². The summed E-state index contributed by atoms with van der Waals surface area (Å²) in [5, 5.41) is 0. The van der Waals surface area contributed by atoms with E-state index in [9.17, 15) is 0 Å². The molecule has 2 heteroatoms. The standard InChI is InChI=1S/C30H54O2/c1-4-5-6-7-8-9-10-11-12-13-14-15-16-17-18-19-20-21-22-23-26-32-30-27-29(31-3)25-24-28(30)2/h24-25,27H,4-23,26H2,1-3H3. The lowest BCUT2D eigenvalue weighted by atomic mass is 10.0. The minimum Gasteiger partial charge on any atom is -0.497 e. The van der Waals surface area contributed by atoms with E-state index in [1.807, 2.05) is 12.1 Å². The summed E-state index contributed by atoms with van der Waals surface area (Å²) in [6.07, 6.45) is 28.3. The molecule has 0 bridgehead atoms. The molecule has 0 radical (unpaired) electrons. The molecule has 32 heavy (non-hydrogen) atoms. The van der Waals surface area contributed by atoms with Crippen molar-refractivity contribution in [3.05, 3.63) is 23.8 Å². The van der Waals surface area contributed by atoms with E-state index in [1.54, 1.807) is 7.11 Å². The maximum Gasteiger partial charge on any atom is 0.125 e. The summed E-state index contributed by atoms with van der Waals surface area (Å²) in [7, 11) is 1.70. The molecular formula is C30H54O2. The van der Waals surface area contributed by atoms with Crippen LogP contribution in [-0.4, -0.2) is 13.7 Å². The fourth-order valence-electron chi connectivity index (χ4n) is 4.40. The van der Waals surface area contributed by atoms with E-state index in [4.69, 9.17) is 9.47 Å². The Morgan fingerprint density at radius 3 is 1.38 bits per heavy atom. The molecule has 1 rings (SSSR count). The van der Waals surface area contributed by atoms with Crippen molar-refractivity contribution >= 4 is 0 Å². The number of hydrogen-bond donors (Lipinski definition) is 0. The number of aryl methyl sites for hydroxylation is 1. The molecule has 0 unspecified atom stereocenters. The van der Waals surface area contributed by atoms with Crippen LogP contribution in [0.15, 0.2) is 18.2 Å².